The third-order valence-electron chi connectivity index (χ3n) is 3.70. The third-order valence-corrected chi connectivity index (χ3v) is 6.15. The molecule has 3 rings (SSSR count). The van der Waals surface area contributed by atoms with E-state index in [1.165, 1.54) is 24.3 Å². The van der Waals surface area contributed by atoms with E-state index in [0.717, 1.165) is 4.90 Å². The first-order chi connectivity index (χ1) is 11.7. The fourth-order valence-corrected chi connectivity index (χ4v) is 4.82. The summed E-state index contributed by atoms with van der Waals surface area (Å²) >= 11 is 3.37. The van der Waals surface area contributed by atoms with E-state index in [1.54, 1.807) is 12.1 Å². The van der Waals surface area contributed by atoms with Gasteiger partial charge in [0.25, 0.3) is 5.91 Å². The monoisotopic (exact) mass is 400 g/mol. The van der Waals surface area contributed by atoms with E-state index in [9.17, 15) is 27.1 Å². The summed E-state index contributed by atoms with van der Waals surface area (Å²) in [5.74, 6) is -2.14. The summed E-state index contributed by atoms with van der Waals surface area (Å²) in [5, 5.41) is 9.64. The molecule has 25 heavy (non-hydrogen) atoms. The molecule has 1 aliphatic rings. The molecule has 132 valence electrons. The summed E-state index contributed by atoms with van der Waals surface area (Å²) in [6.45, 7) is 0. The van der Waals surface area contributed by atoms with Crippen LogP contribution in [0.2, 0.25) is 5.02 Å². The van der Waals surface area contributed by atoms with Crippen molar-refractivity contribution in [2.45, 2.75) is 10.6 Å². The van der Waals surface area contributed by atoms with Crippen LogP contribution in [0.3, 0.4) is 0 Å². The molecule has 1 amide bonds. The molecule has 1 unspecified atom stereocenters. The highest BCUT2D eigenvalue weighted by Crippen LogP contribution is 2.36. The Labute approximate surface area is 151 Å². The number of para-hydroxylation sites is 1. The molecule has 10 heteroatoms. The SMILES string of the molecule is O=C(c1cc(Cl)c(O)c(CS(=O)[O-])c1)N1CS(=O)(=O)c2ccccc21. The molecule has 7 nitrogen and oxygen atoms in total. The van der Waals surface area contributed by atoms with Crippen molar-refractivity contribution in [3.63, 3.8) is 0 Å². The number of nitrogens with zero attached hydrogens (tertiary/aromatic N) is 1. The van der Waals surface area contributed by atoms with Crippen LogP contribution in [0.4, 0.5) is 5.69 Å². The van der Waals surface area contributed by atoms with Gasteiger partial charge in [-0.3, -0.25) is 13.9 Å². The first-order valence-corrected chi connectivity index (χ1v) is 10.2. The van der Waals surface area contributed by atoms with Gasteiger partial charge >= 0.3 is 0 Å². The summed E-state index contributed by atoms with van der Waals surface area (Å²) < 4.78 is 46.2. The van der Waals surface area contributed by atoms with Gasteiger partial charge < -0.3 is 9.66 Å². The topological polar surface area (TPSA) is 115 Å². The van der Waals surface area contributed by atoms with E-state index in [4.69, 9.17) is 11.6 Å². The second-order valence-electron chi connectivity index (χ2n) is 5.36. The minimum absolute atomic E-state index is 0.0184. The molecule has 1 N–H and O–H groups in total. The van der Waals surface area contributed by atoms with Crippen LogP contribution in [0, 0.1) is 0 Å². The molecule has 1 aliphatic heterocycles. The van der Waals surface area contributed by atoms with E-state index < -0.39 is 44.2 Å². The van der Waals surface area contributed by atoms with E-state index in [1.807, 2.05) is 0 Å². The number of phenolic OH excluding ortho intramolecular Hbond substituents is 1. The van der Waals surface area contributed by atoms with Crippen LogP contribution < -0.4 is 4.90 Å². The maximum Gasteiger partial charge on any atom is 0.259 e. The number of anilines is 1. The molecule has 1 heterocycles. The fourth-order valence-electron chi connectivity index (χ4n) is 2.59. The number of fused-ring (bicyclic) bond motifs is 1. The van der Waals surface area contributed by atoms with Crippen molar-refractivity contribution in [2.75, 3.05) is 10.8 Å². The Morgan fingerprint density at radius 3 is 2.68 bits per heavy atom. The van der Waals surface area contributed by atoms with Gasteiger partial charge in [0.1, 0.15) is 11.6 Å². The average molecular weight is 401 g/mol. The molecule has 0 saturated carbocycles. The number of benzene rings is 2. The standard InChI is InChI=1S/C15H12ClNO6S2/c16-11-6-9(5-10(14(11)18)7-24(20)21)15(19)17-8-25(22,23)13-4-2-1-3-12(13)17/h1-6,18H,7-8H2,(H,20,21)/p-1. The quantitative estimate of drug-likeness (QED) is 0.786. The summed E-state index contributed by atoms with van der Waals surface area (Å²) in [6.07, 6.45) is 0. The van der Waals surface area contributed by atoms with Crippen molar-refractivity contribution in [3.8, 4) is 5.75 Å². The highest BCUT2D eigenvalue weighted by molar-refractivity contribution is 7.92. The first-order valence-electron chi connectivity index (χ1n) is 6.91. The van der Waals surface area contributed by atoms with Crippen LogP contribution >= 0.6 is 11.6 Å². The second kappa shape index (κ2) is 6.41. The van der Waals surface area contributed by atoms with E-state index >= 15 is 0 Å². The fraction of sp³-hybridized carbons (Fsp3) is 0.133. The van der Waals surface area contributed by atoms with Crippen LogP contribution in [0.25, 0.3) is 0 Å². The predicted octanol–water partition coefficient (Wildman–Crippen LogP) is 1.82. The van der Waals surface area contributed by atoms with Crippen molar-refractivity contribution in [1.29, 1.82) is 0 Å². The lowest BCUT2D eigenvalue weighted by Crippen LogP contribution is -2.30. The smallest absolute Gasteiger partial charge is 0.259 e. The first kappa shape index (κ1) is 17.9. The van der Waals surface area contributed by atoms with Gasteiger partial charge in [-0.15, -0.1) is 0 Å². The summed E-state index contributed by atoms with van der Waals surface area (Å²) in [5.41, 5.74) is 0.181. The zero-order chi connectivity index (χ0) is 18.4. The van der Waals surface area contributed by atoms with Gasteiger partial charge in [-0.25, -0.2) is 8.42 Å². The van der Waals surface area contributed by atoms with Gasteiger partial charge in [-0.1, -0.05) is 34.8 Å². The van der Waals surface area contributed by atoms with Crippen LogP contribution in [-0.2, 0) is 26.7 Å². The van der Waals surface area contributed by atoms with Crippen molar-refractivity contribution in [1.82, 2.24) is 0 Å². The number of rotatable bonds is 3. The van der Waals surface area contributed by atoms with Crippen LogP contribution in [0.15, 0.2) is 41.3 Å². The number of carbonyl (C=O) groups excluding carboxylic acids is 1. The van der Waals surface area contributed by atoms with Crippen LogP contribution in [0.5, 0.6) is 5.75 Å². The van der Waals surface area contributed by atoms with Crippen molar-refractivity contribution < 1.29 is 27.1 Å². The lowest BCUT2D eigenvalue weighted by atomic mass is 10.1. The molecule has 2 aromatic rings. The summed E-state index contributed by atoms with van der Waals surface area (Å²) in [7, 11) is -3.63. The van der Waals surface area contributed by atoms with Gasteiger partial charge in [-0.2, -0.15) is 0 Å². The predicted molar refractivity (Wildman–Crippen MR) is 91.0 cm³/mol. The highest BCUT2D eigenvalue weighted by Gasteiger charge is 2.36. The Kier molecular flexibility index (Phi) is 4.58. The van der Waals surface area contributed by atoms with Gasteiger partial charge in [-0.05, 0) is 24.3 Å². The van der Waals surface area contributed by atoms with E-state index in [2.05, 4.69) is 0 Å². The maximum absolute atomic E-state index is 12.8. The van der Waals surface area contributed by atoms with Crippen molar-refractivity contribution >= 4 is 44.1 Å². The molecule has 0 aliphatic carbocycles. The molecule has 0 bridgehead atoms. The Morgan fingerprint density at radius 2 is 2.00 bits per heavy atom. The van der Waals surface area contributed by atoms with Crippen molar-refractivity contribution in [2.24, 2.45) is 0 Å². The summed E-state index contributed by atoms with van der Waals surface area (Å²) in [6, 6.07) is 8.44. The summed E-state index contributed by atoms with van der Waals surface area (Å²) in [4.78, 5) is 13.9. The van der Waals surface area contributed by atoms with Gasteiger partial charge in [0, 0.05) is 16.9 Å². The Balaban J connectivity index is 2.06. The van der Waals surface area contributed by atoms with Gasteiger partial charge in [0.15, 0.2) is 9.84 Å². The normalized spacial score (nSPS) is 16.5. The lowest BCUT2D eigenvalue weighted by Gasteiger charge is -2.17. The Morgan fingerprint density at radius 1 is 1.32 bits per heavy atom. The molecule has 0 fully saturated rings. The number of carbonyl (C=O) groups is 1. The van der Waals surface area contributed by atoms with Crippen LogP contribution in [-0.4, -0.2) is 34.1 Å². The molecule has 2 aromatic carbocycles. The highest BCUT2D eigenvalue weighted by atomic mass is 35.5. The number of hydrogen-bond acceptors (Lipinski definition) is 6. The van der Waals surface area contributed by atoms with E-state index in [0.29, 0.717) is 0 Å². The Bertz CT molecular complexity index is 1010. The number of phenols is 1. The molecule has 0 radical (unpaired) electrons. The zero-order valence-corrected chi connectivity index (χ0v) is 14.9. The maximum atomic E-state index is 12.8. The minimum atomic E-state index is -3.63. The average Bonchev–Trinajstić information content (AvgIpc) is 2.82. The number of halogens is 1. The molecule has 1 atom stereocenters. The number of sulfone groups is 1. The van der Waals surface area contributed by atoms with Crippen molar-refractivity contribution in [3.05, 3.63) is 52.5 Å². The van der Waals surface area contributed by atoms with Gasteiger partial charge in [0.2, 0.25) is 0 Å². The molecular weight excluding hydrogens is 390 g/mol. The number of hydrogen-bond donors (Lipinski definition) is 1. The third kappa shape index (κ3) is 3.28. The Hall–Kier alpha value is -1.94. The second-order valence-corrected chi connectivity index (χ2v) is 8.59. The zero-order valence-electron chi connectivity index (χ0n) is 12.5. The van der Waals surface area contributed by atoms with Gasteiger partial charge in [0.05, 0.1) is 15.6 Å². The van der Waals surface area contributed by atoms with Crippen LogP contribution in [0.1, 0.15) is 15.9 Å². The molecule has 0 saturated heterocycles. The number of aromatic hydroxyl groups is 1. The largest absolute Gasteiger partial charge is 0.772 e. The lowest BCUT2D eigenvalue weighted by molar-refractivity contribution is 0.0991. The number of amides is 1. The van der Waals surface area contributed by atoms with E-state index in [-0.39, 0.29) is 26.7 Å². The molecule has 0 spiro atoms. The minimum Gasteiger partial charge on any atom is -0.772 e. The molecular formula is C15H11ClNO6S2-. The molecule has 0 aromatic heterocycles.